The molecule has 0 saturated heterocycles. The van der Waals surface area contributed by atoms with Crippen LogP contribution in [-0.2, 0) is 10.0 Å². The van der Waals surface area contributed by atoms with Gasteiger partial charge in [-0.05, 0) is 26.0 Å². The molecule has 0 heterocycles. The molecule has 0 radical (unpaired) electrons. The third-order valence-electron chi connectivity index (χ3n) is 2.54. The molecule has 1 rings (SSSR count). The Morgan fingerprint density at radius 2 is 1.82 bits per heavy atom. The first-order valence-corrected chi connectivity index (χ1v) is 6.59. The van der Waals surface area contributed by atoms with Crippen molar-refractivity contribution < 1.29 is 13.2 Å². The van der Waals surface area contributed by atoms with Gasteiger partial charge in [-0.15, -0.1) is 0 Å². The minimum Gasteiger partial charge on any atom is -0.366 e. The summed E-state index contributed by atoms with van der Waals surface area (Å²) in [6.45, 7) is 3.51. The van der Waals surface area contributed by atoms with E-state index in [1.807, 2.05) is 0 Å². The van der Waals surface area contributed by atoms with Crippen LogP contribution in [0.5, 0.6) is 0 Å². The van der Waals surface area contributed by atoms with E-state index in [4.69, 9.17) is 5.73 Å². The number of primary amides is 1. The maximum atomic E-state index is 12.2. The zero-order valence-electron chi connectivity index (χ0n) is 10.0. The molecule has 17 heavy (non-hydrogen) atoms. The van der Waals surface area contributed by atoms with Crippen LogP contribution in [0, 0.1) is 0 Å². The number of rotatable bonds is 4. The van der Waals surface area contributed by atoms with Gasteiger partial charge >= 0.3 is 0 Å². The van der Waals surface area contributed by atoms with Crippen LogP contribution < -0.4 is 5.73 Å². The summed E-state index contributed by atoms with van der Waals surface area (Å²) in [6.07, 6.45) is 0. The van der Waals surface area contributed by atoms with Gasteiger partial charge in [-0.3, -0.25) is 4.79 Å². The third-order valence-corrected chi connectivity index (χ3v) is 4.63. The summed E-state index contributed by atoms with van der Waals surface area (Å²) >= 11 is 0. The van der Waals surface area contributed by atoms with Gasteiger partial charge in [0.15, 0.2) is 0 Å². The van der Waals surface area contributed by atoms with Gasteiger partial charge in [-0.2, -0.15) is 4.31 Å². The minimum atomic E-state index is -3.68. The van der Waals surface area contributed by atoms with Gasteiger partial charge in [0.05, 0.1) is 10.5 Å². The van der Waals surface area contributed by atoms with E-state index in [9.17, 15) is 13.2 Å². The standard InChI is InChI=1S/C11H16N2O3S/c1-8(2)13(3)17(15,16)10-7-5-4-6-9(10)11(12)14/h4-8H,1-3H3,(H2,12,14). The highest BCUT2D eigenvalue weighted by Crippen LogP contribution is 2.20. The van der Waals surface area contributed by atoms with Crippen molar-refractivity contribution in [2.45, 2.75) is 24.8 Å². The van der Waals surface area contributed by atoms with E-state index in [0.717, 1.165) is 0 Å². The van der Waals surface area contributed by atoms with Crippen molar-refractivity contribution in [2.75, 3.05) is 7.05 Å². The van der Waals surface area contributed by atoms with Gasteiger partial charge in [0.2, 0.25) is 15.9 Å². The molecule has 1 amide bonds. The second-order valence-corrected chi connectivity index (χ2v) is 5.94. The van der Waals surface area contributed by atoms with Gasteiger partial charge in [0.1, 0.15) is 0 Å². The number of carbonyl (C=O) groups excluding carboxylic acids is 1. The first kappa shape index (κ1) is 13.7. The molecule has 0 unspecified atom stereocenters. The van der Waals surface area contributed by atoms with Crippen LogP contribution in [0.15, 0.2) is 29.2 Å². The highest BCUT2D eigenvalue weighted by molar-refractivity contribution is 7.89. The summed E-state index contributed by atoms with van der Waals surface area (Å²) in [6, 6.07) is 5.74. The molecule has 0 aliphatic heterocycles. The van der Waals surface area contributed by atoms with E-state index in [0.29, 0.717) is 0 Å². The van der Waals surface area contributed by atoms with Gasteiger partial charge in [-0.1, -0.05) is 12.1 Å². The highest BCUT2D eigenvalue weighted by Gasteiger charge is 2.26. The van der Waals surface area contributed by atoms with E-state index in [1.54, 1.807) is 26.0 Å². The highest BCUT2D eigenvalue weighted by atomic mass is 32.2. The van der Waals surface area contributed by atoms with Crippen LogP contribution in [0.2, 0.25) is 0 Å². The number of sulfonamides is 1. The SMILES string of the molecule is CC(C)N(C)S(=O)(=O)c1ccccc1C(N)=O. The normalized spacial score (nSPS) is 12.1. The molecule has 94 valence electrons. The summed E-state index contributed by atoms with van der Waals surface area (Å²) in [5.41, 5.74) is 5.18. The number of amides is 1. The van der Waals surface area contributed by atoms with Crippen LogP contribution in [0.1, 0.15) is 24.2 Å². The molecular formula is C11H16N2O3S. The van der Waals surface area contributed by atoms with E-state index < -0.39 is 15.9 Å². The van der Waals surface area contributed by atoms with Crippen molar-refractivity contribution in [2.24, 2.45) is 5.73 Å². The van der Waals surface area contributed by atoms with Crippen molar-refractivity contribution >= 4 is 15.9 Å². The summed E-state index contributed by atoms with van der Waals surface area (Å²) in [5, 5.41) is 0. The molecule has 0 aliphatic rings. The molecule has 0 bridgehead atoms. The number of nitrogens with zero attached hydrogens (tertiary/aromatic N) is 1. The summed E-state index contributed by atoms with van der Waals surface area (Å²) in [5.74, 6) is -0.749. The van der Waals surface area contributed by atoms with E-state index in [-0.39, 0.29) is 16.5 Å². The Labute approximate surface area is 101 Å². The van der Waals surface area contributed by atoms with E-state index in [2.05, 4.69) is 0 Å². The third kappa shape index (κ3) is 2.65. The maximum Gasteiger partial charge on any atom is 0.250 e. The Morgan fingerprint density at radius 3 is 2.29 bits per heavy atom. The van der Waals surface area contributed by atoms with E-state index >= 15 is 0 Å². The van der Waals surface area contributed by atoms with Crippen LogP contribution in [0.3, 0.4) is 0 Å². The topological polar surface area (TPSA) is 80.5 Å². The average Bonchev–Trinajstić information content (AvgIpc) is 2.27. The Balaban J connectivity index is 3.39. The maximum absolute atomic E-state index is 12.2. The lowest BCUT2D eigenvalue weighted by molar-refractivity contribution is 0.0997. The molecular weight excluding hydrogens is 240 g/mol. The minimum absolute atomic E-state index is 0.0139. The Morgan fingerprint density at radius 1 is 1.29 bits per heavy atom. The molecule has 0 fully saturated rings. The number of nitrogens with two attached hydrogens (primary N) is 1. The summed E-state index contributed by atoms with van der Waals surface area (Å²) in [7, 11) is -2.21. The molecule has 1 aromatic rings. The lowest BCUT2D eigenvalue weighted by atomic mass is 10.2. The van der Waals surface area contributed by atoms with Crippen molar-refractivity contribution in [3.05, 3.63) is 29.8 Å². The van der Waals surface area contributed by atoms with Gasteiger partial charge in [-0.25, -0.2) is 8.42 Å². The predicted molar refractivity (Wildman–Crippen MR) is 65.0 cm³/mol. The predicted octanol–water partition coefficient (Wildman–Crippen LogP) is 0.814. The molecule has 0 atom stereocenters. The fraction of sp³-hybridized carbons (Fsp3) is 0.364. The zero-order valence-corrected chi connectivity index (χ0v) is 10.9. The quantitative estimate of drug-likeness (QED) is 0.865. The second kappa shape index (κ2) is 4.85. The molecule has 0 aromatic heterocycles. The van der Waals surface area contributed by atoms with Crippen molar-refractivity contribution in [1.29, 1.82) is 0 Å². The van der Waals surface area contributed by atoms with Crippen LogP contribution in [0.4, 0.5) is 0 Å². The average molecular weight is 256 g/mol. The fourth-order valence-electron chi connectivity index (χ4n) is 1.33. The lowest BCUT2D eigenvalue weighted by Crippen LogP contribution is -2.34. The Bertz CT molecular complexity index is 523. The van der Waals surface area contributed by atoms with Gasteiger partial charge in [0, 0.05) is 13.1 Å². The monoisotopic (exact) mass is 256 g/mol. The molecule has 6 heteroatoms. The summed E-state index contributed by atoms with van der Waals surface area (Å²) in [4.78, 5) is 11.1. The molecule has 0 spiro atoms. The number of hydrogen-bond donors (Lipinski definition) is 1. The second-order valence-electron chi connectivity index (χ2n) is 3.98. The van der Waals surface area contributed by atoms with Gasteiger partial charge in [0.25, 0.3) is 0 Å². The number of hydrogen-bond acceptors (Lipinski definition) is 3. The largest absolute Gasteiger partial charge is 0.366 e. The number of carbonyl (C=O) groups is 1. The zero-order chi connectivity index (χ0) is 13.2. The van der Waals surface area contributed by atoms with Crippen molar-refractivity contribution in [3.8, 4) is 0 Å². The first-order valence-electron chi connectivity index (χ1n) is 5.15. The molecule has 2 N–H and O–H groups in total. The molecule has 5 nitrogen and oxygen atoms in total. The van der Waals surface area contributed by atoms with Crippen molar-refractivity contribution in [3.63, 3.8) is 0 Å². The van der Waals surface area contributed by atoms with Crippen LogP contribution >= 0.6 is 0 Å². The summed E-state index contributed by atoms with van der Waals surface area (Å²) < 4.78 is 25.6. The molecule has 0 saturated carbocycles. The van der Waals surface area contributed by atoms with Gasteiger partial charge < -0.3 is 5.73 Å². The van der Waals surface area contributed by atoms with Crippen molar-refractivity contribution in [1.82, 2.24) is 4.31 Å². The Hall–Kier alpha value is -1.40. The lowest BCUT2D eigenvalue weighted by Gasteiger charge is -2.21. The molecule has 0 aliphatic carbocycles. The van der Waals surface area contributed by atoms with Crippen LogP contribution in [-0.4, -0.2) is 31.7 Å². The van der Waals surface area contributed by atoms with E-state index in [1.165, 1.54) is 23.5 Å². The molecule has 1 aromatic carbocycles. The smallest absolute Gasteiger partial charge is 0.250 e. The number of benzene rings is 1. The fourth-order valence-corrected chi connectivity index (χ4v) is 2.89. The van der Waals surface area contributed by atoms with Crippen LogP contribution in [0.25, 0.3) is 0 Å². The first-order chi connectivity index (χ1) is 7.78. The Kier molecular flexibility index (Phi) is 3.90.